The summed E-state index contributed by atoms with van der Waals surface area (Å²) in [7, 11) is -3.60. The van der Waals surface area contributed by atoms with Gasteiger partial charge in [0.05, 0.1) is 0 Å². The number of hydrogen-bond acceptors (Lipinski definition) is 4. The van der Waals surface area contributed by atoms with Gasteiger partial charge in [-0.1, -0.05) is 6.92 Å². The van der Waals surface area contributed by atoms with Crippen molar-refractivity contribution in [3.05, 3.63) is 0 Å². The first-order valence-corrected chi connectivity index (χ1v) is 7.20. The predicted octanol–water partition coefficient (Wildman–Crippen LogP) is 1.29. The van der Waals surface area contributed by atoms with E-state index >= 15 is 0 Å². The van der Waals surface area contributed by atoms with Crippen LogP contribution in [0.1, 0.15) is 6.92 Å². The third-order valence-corrected chi connectivity index (χ3v) is 3.23. The van der Waals surface area contributed by atoms with Gasteiger partial charge in [0.1, 0.15) is 0 Å². The SMILES string of the molecule is CCP(=O)(O)O.COP(C)(=O)OC. The molecule has 0 bridgehead atoms. The molecule has 13 heavy (non-hydrogen) atoms. The highest BCUT2D eigenvalue weighted by molar-refractivity contribution is 7.52. The minimum Gasteiger partial charge on any atom is -0.324 e. The molecule has 8 heteroatoms. The number of hydrogen-bond donors (Lipinski definition) is 2. The van der Waals surface area contributed by atoms with E-state index in [0.29, 0.717) is 0 Å². The van der Waals surface area contributed by atoms with Crippen LogP contribution in [0, 0.1) is 0 Å². The maximum Gasteiger partial charge on any atom is 0.327 e. The van der Waals surface area contributed by atoms with Gasteiger partial charge in [-0.25, -0.2) is 0 Å². The van der Waals surface area contributed by atoms with Crippen LogP contribution in [0.25, 0.3) is 0 Å². The Kier molecular flexibility index (Phi) is 8.13. The molecule has 0 aromatic rings. The van der Waals surface area contributed by atoms with Gasteiger partial charge >= 0.3 is 15.2 Å². The lowest BCUT2D eigenvalue weighted by Crippen LogP contribution is -1.82. The predicted molar refractivity (Wildman–Crippen MR) is 50.1 cm³/mol. The molecule has 0 saturated heterocycles. The fourth-order valence-electron chi connectivity index (χ4n) is 0.0745. The van der Waals surface area contributed by atoms with Crippen molar-refractivity contribution in [1.29, 1.82) is 0 Å². The Balaban J connectivity index is 0. The van der Waals surface area contributed by atoms with E-state index in [-0.39, 0.29) is 6.16 Å². The average molecular weight is 234 g/mol. The molecule has 0 aliphatic rings. The fraction of sp³-hybridized carbons (Fsp3) is 1.00. The Hall–Kier alpha value is 0.300. The van der Waals surface area contributed by atoms with E-state index in [1.54, 1.807) is 0 Å². The van der Waals surface area contributed by atoms with Crippen LogP contribution in [-0.4, -0.2) is 36.8 Å². The van der Waals surface area contributed by atoms with Crippen molar-refractivity contribution in [2.45, 2.75) is 6.92 Å². The Labute approximate surface area is 77.9 Å². The van der Waals surface area contributed by atoms with Gasteiger partial charge in [-0.15, -0.1) is 0 Å². The molecule has 82 valence electrons. The summed E-state index contributed by atoms with van der Waals surface area (Å²) in [6.45, 7) is 2.85. The molecule has 0 radical (unpaired) electrons. The normalized spacial score (nSPS) is 11.8. The Morgan fingerprint density at radius 1 is 1.15 bits per heavy atom. The lowest BCUT2D eigenvalue weighted by Gasteiger charge is -2.04. The molecule has 2 N–H and O–H groups in total. The van der Waals surface area contributed by atoms with E-state index in [2.05, 4.69) is 9.05 Å². The summed E-state index contributed by atoms with van der Waals surface area (Å²) in [5, 5.41) is 0. The minimum absolute atomic E-state index is 0.0625. The van der Waals surface area contributed by atoms with E-state index in [4.69, 9.17) is 9.79 Å². The second-order valence-corrected chi connectivity index (χ2v) is 6.35. The molecule has 6 nitrogen and oxygen atoms in total. The lowest BCUT2D eigenvalue weighted by molar-refractivity contribution is 0.282. The van der Waals surface area contributed by atoms with Crippen LogP contribution in [0.2, 0.25) is 0 Å². The molecular weight excluding hydrogens is 218 g/mol. The first-order valence-electron chi connectivity index (χ1n) is 3.42. The molecule has 0 aliphatic carbocycles. The second kappa shape index (κ2) is 6.71. The second-order valence-electron chi connectivity index (χ2n) is 2.12. The Morgan fingerprint density at radius 2 is 1.38 bits per heavy atom. The molecule has 0 saturated carbocycles. The van der Waals surface area contributed by atoms with Crippen molar-refractivity contribution in [2.75, 3.05) is 27.0 Å². The maximum absolute atomic E-state index is 10.5. The highest BCUT2D eigenvalue weighted by Gasteiger charge is 2.08. The van der Waals surface area contributed by atoms with Gasteiger partial charge in [0.15, 0.2) is 0 Å². The standard InChI is InChI=1S/C3H9O3P.C2H7O3P/c1-5-7(3,4)6-2;1-2-6(3,4)5/h1-3H3;2H2,1H3,(H2,3,4,5). The third-order valence-electron chi connectivity index (χ3n) is 1.08. The van der Waals surface area contributed by atoms with Crippen LogP contribution < -0.4 is 0 Å². The van der Waals surface area contributed by atoms with E-state index in [0.717, 1.165) is 0 Å². The van der Waals surface area contributed by atoms with Crippen LogP contribution in [0.4, 0.5) is 0 Å². The van der Waals surface area contributed by atoms with Crippen molar-refractivity contribution in [3.8, 4) is 0 Å². The quantitative estimate of drug-likeness (QED) is 0.714. The van der Waals surface area contributed by atoms with Gasteiger partial charge in [-0.05, 0) is 0 Å². The molecule has 0 spiro atoms. The Morgan fingerprint density at radius 3 is 1.38 bits per heavy atom. The van der Waals surface area contributed by atoms with Crippen LogP contribution in [0.15, 0.2) is 0 Å². The summed E-state index contributed by atoms with van der Waals surface area (Å²) in [6.07, 6.45) is -0.0625. The molecule has 0 atom stereocenters. The highest BCUT2D eigenvalue weighted by atomic mass is 31.2. The first-order chi connectivity index (χ1) is 5.68. The Bertz CT molecular complexity index is 201. The topological polar surface area (TPSA) is 93.1 Å². The molecule has 0 amide bonds. The average Bonchev–Trinajstić information content (AvgIpc) is 2.04. The van der Waals surface area contributed by atoms with Gasteiger partial charge < -0.3 is 18.8 Å². The lowest BCUT2D eigenvalue weighted by atomic mass is 11.0. The largest absolute Gasteiger partial charge is 0.327 e. The molecule has 0 aliphatic heterocycles. The van der Waals surface area contributed by atoms with Gasteiger partial charge in [0.25, 0.3) is 0 Å². The van der Waals surface area contributed by atoms with Crippen LogP contribution in [0.3, 0.4) is 0 Å². The van der Waals surface area contributed by atoms with Gasteiger partial charge in [-0.2, -0.15) is 0 Å². The highest BCUT2D eigenvalue weighted by Crippen LogP contribution is 2.40. The van der Waals surface area contributed by atoms with E-state index in [1.165, 1.54) is 27.8 Å². The molecule has 0 unspecified atom stereocenters. The third kappa shape index (κ3) is 15.1. The molecule has 0 heterocycles. The van der Waals surface area contributed by atoms with Crippen molar-refractivity contribution in [2.24, 2.45) is 0 Å². The summed E-state index contributed by atoms with van der Waals surface area (Å²) in [6, 6.07) is 0. The zero-order chi connectivity index (χ0) is 11.1. The molecule has 0 rings (SSSR count). The van der Waals surface area contributed by atoms with Crippen molar-refractivity contribution >= 4 is 15.2 Å². The zero-order valence-electron chi connectivity index (χ0n) is 8.13. The summed E-state index contributed by atoms with van der Waals surface area (Å²) >= 11 is 0. The molecule has 0 fully saturated rings. The zero-order valence-corrected chi connectivity index (χ0v) is 9.92. The van der Waals surface area contributed by atoms with Crippen molar-refractivity contribution in [1.82, 2.24) is 0 Å². The van der Waals surface area contributed by atoms with Crippen LogP contribution in [-0.2, 0) is 18.2 Å². The molecule has 0 aromatic carbocycles. The summed E-state index contributed by atoms with van der Waals surface area (Å²) < 4.78 is 29.0. The summed E-state index contributed by atoms with van der Waals surface area (Å²) in [5.74, 6) is 0. The fourth-order valence-corrected chi connectivity index (χ4v) is 0.224. The smallest absolute Gasteiger partial charge is 0.324 e. The van der Waals surface area contributed by atoms with Gasteiger partial charge in [0.2, 0.25) is 0 Å². The monoisotopic (exact) mass is 234 g/mol. The number of rotatable bonds is 3. The van der Waals surface area contributed by atoms with E-state index in [1.807, 2.05) is 0 Å². The van der Waals surface area contributed by atoms with E-state index < -0.39 is 15.2 Å². The summed E-state index contributed by atoms with van der Waals surface area (Å²) in [4.78, 5) is 15.9. The van der Waals surface area contributed by atoms with E-state index in [9.17, 15) is 9.13 Å². The van der Waals surface area contributed by atoms with Gasteiger partial charge in [-0.3, -0.25) is 9.13 Å². The summed E-state index contributed by atoms with van der Waals surface area (Å²) in [5.41, 5.74) is 0. The van der Waals surface area contributed by atoms with Crippen LogP contribution >= 0.6 is 15.2 Å². The van der Waals surface area contributed by atoms with Crippen LogP contribution in [0.5, 0.6) is 0 Å². The minimum atomic E-state index is -3.65. The molecular formula is C5H16O6P2. The van der Waals surface area contributed by atoms with Crippen molar-refractivity contribution < 1.29 is 28.0 Å². The first kappa shape index (κ1) is 15.8. The molecule has 0 aromatic heterocycles. The van der Waals surface area contributed by atoms with Gasteiger partial charge in [0, 0.05) is 27.0 Å². The maximum atomic E-state index is 10.5. The van der Waals surface area contributed by atoms with Crippen molar-refractivity contribution in [3.63, 3.8) is 0 Å².